The summed E-state index contributed by atoms with van der Waals surface area (Å²) in [5.41, 5.74) is 4.37. The highest BCUT2D eigenvalue weighted by molar-refractivity contribution is 7.11. The van der Waals surface area contributed by atoms with Gasteiger partial charge in [-0.1, -0.05) is 20.8 Å². The third-order valence-corrected chi connectivity index (χ3v) is 6.29. The van der Waals surface area contributed by atoms with Crippen LogP contribution in [0.25, 0.3) is 5.65 Å². The van der Waals surface area contributed by atoms with E-state index in [1.165, 1.54) is 11.3 Å². The van der Waals surface area contributed by atoms with Crippen LogP contribution < -0.4 is 4.74 Å². The van der Waals surface area contributed by atoms with Crippen LogP contribution in [0.5, 0.6) is 5.88 Å². The Morgan fingerprint density at radius 3 is 2.69 bits per heavy atom. The van der Waals surface area contributed by atoms with E-state index >= 15 is 0 Å². The van der Waals surface area contributed by atoms with Crippen molar-refractivity contribution in [2.75, 3.05) is 19.7 Å². The van der Waals surface area contributed by atoms with Gasteiger partial charge < -0.3 is 9.64 Å². The van der Waals surface area contributed by atoms with E-state index in [4.69, 9.17) is 4.74 Å². The molecule has 0 radical (unpaired) electrons. The van der Waals surface area contributed by atoms with Crippen LogP contribution in [0.3, 0.4) is 0 Å². The molecule has 0 spiro atoms. The minimum atomic E-state index is -0.0160. The van der Waals surface area contributed by atoms with E-state index in [-0.39, 0.29) is 11.3 Å². The lowest BCUT2D eigenvalue weighted by Gasteiger charge is -2.31. The number of hydrogen-bond donors (Lipinski definition) is 0. The number of carbonyl (C=O) groups is 1. The Labute approximate surface area is 174 Å². The summed E-state index contributed by atoms with van der Waals surface area (Å²) in [4.78, 5) is 24.1. The third-order valence-electron chi connectivity index (χ3n) is 5.37. The molecule has 3 aromatic heterocycles. The molecule has 0 unspecified atom stereocenters. The number of hydrogen-bond acceptors (Lipinski definition) is 6. The lowest BCUT2D eigenvalue weighted by molar-refractivity contribution is 0.0662. The van der Waals surface area contributed by atoms with Crippen LogP contribution in [-0.2, 0) is 5.41 Å². The first kappa shape index (κ1) is 19.8. The van der Waals surface area contributed by atoms with Crippen LogP contribution in [0, 0.1) is 12.8 Å². The molecule has 1 aliphatic rings. The van der Waals surface area contributed by atoms with Gasteiger partial charge >= 0.3 is 0 Å². The highest BCUT2D eigenvalue weighted by Gasteiger charge is 2.26. The number of aromatic nitrogens is 4. The number of ether oxygens (including phenoxy) is 1. The number of aryl methyl sites for hydroxylation is 1. The first-order chi connectivity index (χ1) is 13.8. The zero-order valence-electron chi connectivity index (χ0n) is 17.4. The molecule has 154 valence electrons. The Bertz CT molecular complexity index is 1010. The van der Waals surface area contributed by atoms with E-state index in [1.54, 1.807) is 10.0 Å². The molecule has 0 bridgehead atoms. The standard InChI is InChI=1S/C21H27N5O2S/c1-14-19(29-13-22-14)20(27)25-9-7-15(8-10-25)12-28-18-6-5-17-23-16(21(2,3)4)11-26(17)24-18/h5-6,11,13,15H,7-10,12H2,1-4H3. The maximum absolute atomic E-state index is 12.6. The van der Waals surface area contributed by atoms with E-state index in [2.05, 4.69) is 35.8 Å². The number of thiazole rings is 1. The smallest absolute Gasteiger partial charge is 0.265 e. The predicted molar refractivity (Wildman–Crippen MR) is 113 cm³/mol. The van der Waals surface area contributed by atoms with Crippen LogP contribution in [0.2, 0.25) is 0 Å². The summed E-state index contributed by atoms with van der Waals surface area (Å²) in [6.07, 6.45) is 3.84. The average molecular weight is 414 g/mol. The molecule has 29 heavy (non-hydrogen) atoms. The van der Waals surface area contributed by atoms with E-state index in [1.807, 2.05) is 30.2 Å². The highest BCUT2D eigenvalue weighted by atomic mass is 32.1. The van der Waals surface area contributed by atoms with Gasteiger partial charge in [-0.05, 0) is 31.7 Å². The number of fused-ring (bicyclic) bond motifs is 1. The summed E-state index contributed by atoms with van der Waals surface area (Å²) >= 11 is 1.42. The van der Waals surface area contributed by atoms with Crippen LogP contribution in [0.15, 0.2) is 23.8 Å². The van der Waals surface area contributed by atoms with E-state index < -0.39 is 0 Å². The molecule has 3 aromatic rings. The van der Waals surface area contributed by atoms with Gasteiger partial charge in [0.15, 0.2) is 5.65 Å². The minimum Gasteiger partial charge on any atom is -0.476 e. The van der Waals surface area contributed by atoms with E-state index in [0.717, 1.165) is 47.8 Å². The van der Waals surface area contributed by atoms with Crippen molar-refractivity contribution in [1.29, 1.82) is 0 Å². The summed E-state index contributed by atoms with van der Waals surface area (Å²) in [7, 11) is 0. The molecular formula is C21H27N5O2S. The number of carbonyl (C=O) groups excluding carboxylic acids is 1. The molecule has 1 fully saturated rings. The molecule has 7 nitrogen and oxygen atoms in total. The SMILES string of the molecule is Cc1ncsc1C(=O)N1CCC(COc2ccc3nc(C(C)(C)C)cn3n2)CC1. The summed E-state index contributed by atoms with van der Waals surface area (Å²) in [6.45, 7) is 10.4. The molecular weight excluding hydrogens is 386 g/mol. The van der Waals surface area contributed by atoms with Crippen LogP contribution in [0.1, 0.15) is 54.7 Å². The Hall–Kier alpha value is -2.48. The summed E-state index contributed by atoms with van der Waals surface area (Å²) in [5, 5.41) is 4.54. The van der Waals surface area contributed by atoms with Crippen molar-refractivity contribution in [3.8, 4) is 5.88 Å². The first-order valence-corrected chi connectivity index (χ1v) is 10.9. The summed E-state index contributed by atoms with van der Waals surface area (Å²) < 4.78 is 7.75. The molecule has 0 atom stereocenters. The molecule has 4 rings (SSSR count). The number of piperidine rings is 1. The molecule has 0 saturated carbocycles. The Kier molecular flexibility index (Phi) is 5.29. The third kappa shape index (κ3) is 4.27. The zero-order valence-corrected chi connectivity index (χ0v) is 18.2. The maximum Gasteiger partial charge on any atom is 0.265 e. The van der Waals surface area contributed by atoms with Crippen molar-refractivity contribution in [2.45, 2.75) is 46.0 Å². The molecule has 1 amide bonds. The largest absolute Gasteiger partial charge is 0.476 e. The van der Waals surface area contributed by atoms with Gasteiger partial charge in [0, 0.05) is 24.6 Å². The lowest BCUT2D eigenvalue weighted by atomic mass is 9.93. The Morgan fingerprint density at radius 1 is 1.28 bits per heavy atom. The summed E-state index contributed by atoms with van der Waals surface area (Å²) in [6, 6.07) is 3.82. The fraction of sp³-hybridized carbons (Fsp3) is 0.524. The topological polar surface area (TPSA) is 72.6 Å². The van der Waals surface area contributed by atoms with E-state index in [0.29, 0.717) is 18.4 Å². The van der Waals surface area contributed by atoms with Gasteiger partial charge in [-0.2, -0.15) is 0 Å². The number of likely N-dealkylation sites (tertiary alicyclic amines) is 1. The first-order valence-electron chi connectivity index (χ1n) is 10.0. The predicted octanol–water partition coefficient (Wildman–Crippen LogP) is 3.72. The maximum atomic E-state index is 12.6. The van der Waals surface area contributed by atoms with Crippen molar-refractivity contribution < 1.29 is 9.53 Å². The fourth-order valence-corrected chi connectivity index (χ4v) is 4.23. The Morgan fingerprint density at radius 2 is 2.03 bits per heavy atom. The average Bonchev–Trinajstić information content (AvgIpc) is 3.31. The van der Waals surface area contributed by atoms with Crippen molar-refractivity contribution in [3.63, 3.8) is 0 Å². The molecule has 8 heteroatoms. The summed E-state index contributed by atoms with van der Waals surface area (Å²) in [5.74, 6) is 1.13. The molecule has 0 N–H and O–H groups in total. The van der Waals surface area contributed by atoms with Gasteiger partial charge in [0.25, 0.3) is 5.91 Å². The van der Waals surface area contributed by atoms with Crippen molar-refractivity contribution in [1.82, 2.24) is 24.5 Å². The number of amides is 1. The van der Waals surface area contributed by atoms with Gasteiger partial charge in [-0.3, -0.25) is 4.79 Å². The van der Waals surface area contributed by atoms with E-state index in [9.17, 15) is 4.79 Å². The quantitative estimate of drug-likeness (QED) is 0.652. The normalized spacial score (nSPS) is 15.8. The second-order valence-electron chi connectivity index (χ2n) is 8.66. The second kappa shape index (κ2) is 7.74. The number of nitrogens with zero attached hydrogens (tertiary/aromatic N) is 5. The second-order valence-corrected chi connectivity index (χ2v) is 9.52. The van der Waals surface area contributed by atoms with Gasteiger partial charge in [0.05, 0.1) is 29.7 Å². The fourth-order valence-electron chi connectivity index (χ4n) is 3.46. The van der Waals surface area contributed by atoms with Crippen LogP contribution >= 0.6 is 11.3 Å². The molecule has 0 aromatic carbocycles. The van der Waals surface area contributed by atoms with Gasteiger partial charge in [-0.25, -0.2) is 14.5 Å². The molecule has 1 saturated heterocycles. The minimum absolute atomic E-state index is 0.0160. The number of imidazole rings is 1. The lowest BCUT2D eigenvalue weighted by Crippen LogP contribution is -2.39. The van der Waals surface area contributed by atoms with Gasteiger partial charge in [0.2, 0.25) is 5.88 Å². The van der Waals surface area contributed by atoms with Crippen LogP contribution in [0.4, 0.5) is 0 Å². The molecule has 0 aliphatic carbocycles. The van der Waals surface area contributed by atoms with Crippen molar-refractivity contribution >= 4 is 22.9 Å². The highest BCUT2D eigenvalue weighted by Crippen LogP contribution is 2.24. The van der Waals surface area contributed by atoms with Crippen molar-refractivity contribution in [3.05, 3.63) is 40.1 Å². The number of rotatable bonds is 4. The van der Waals surface area contributed by atoms with Gasteiger partial charge in [-0.15, -0.1) is 16.4 Å². The van der Waals surface area contributed by atoms with Crippen molar-refractivity contribution in [2.24, 2.45) is 5.92 Å². The monoisotopic (exact) mass is 413 g/mol. The zero-order chi connectivity index (χ0) is 20.6. The van der Waals surface area contributed by atoms with Crippen LogP contribution in [-0.4, -0.2) is 50.1 Å². The Balaban J connectivity index is 1.32. The van der Waals surface area contributed by atoms with Gasteiger partial charge in [0.1, 0.15) is 4.88 Å². The molecule has 1 aliphatic heterocycles. The molecule has 4 heterocycles.